The highest BCUT2D eigenvalue weighted by Gasteiger charge is 2.30. The predicted molar refractivity (Wildman–Crippen MR) is 59.9 cm³/mol. The van der Waals surface area contributed by atoms with E-state index in [9.17, 15) is 4.79 Å². The van der Waals surface area contributed by atoms with E-state index in [2.05, 4.69) is 5.32 Å². The molecule has 2 N–H and O–H groups in total. The topological polar surface area (TPSA) is 58.6 Å². The molecule has 1 aliphatic rings. The summed E-state index contributed by atoms with van der Waals surface area (Å²) in [5.74, 6) is -0.243. The average Bonchev–Trinajstić information content (AvgIpc) is 2.70. The Balaban J connectivity index is 1.97. The van der Waals surface area contributed by atoms with Crippen LogP contribution in [0.25, 0.3) is 0 Å². The molecule has 1 saturated heterocycles. The molecule has 5 heteroatoms. The second-order valence-electron chi connectivity index (χ2n) is 3.71. The van der Waals surface area contributed by atoms with Gasteiger partial charge in [-0.25, -0.2) is 0 Å². The highest BCUT2D eigenvalue weighted by Crippen LogP contribution is 2.26. The minimum Gasteiger partial charge on any atom is -0.487 e. The molecule has 4 nitrogen and oxygen atoms in total. The van der Waals surface area contributed by atoms with Gasteiger partial charge >= 0.3 is 5.97 Å². The summed E-state index contributed by atoms with van der Waals surface area (Å²) < 4.78 is 5.63. The van der Waals surface area contributed by atoms with Gasteiger partial charge in [0.25, 0.3) is 0 Å². The van der Waals surface area contributed by atoms with Crippen molar-refractivity contribution in [3.63, 3.8) is 0 Å². The fourth-order valence-corrected chi connectivity index (χ4v) is 1.88. The summed E-state index contributed by atoms with van der Waals surface area (Å²) in [5, 5.41) is 12.2. The number of benzene rings is 1. The second-order valence-corrected chi connectivity index (χ2v) is 4.11. The molecule has 0 amide bonds. The number of rotatable bonds is 3. The number of ether oxygens (including phenoxy) is 1. The lowest BCUT2D eigenvalue weighted by molar-refractivity contribution is -0.139. The number of carboxylic acid groups (broad SMARTS) is 1. The largest absolute Gasteiger partial charge is 0.487 e. The zero-order valence-corrected chi connectivity index (χ0v) is 9.28. The minimum absolute atomic E-state index is 0.138. The SMILES string of the molecule is O=C(O)[C@@H]1C[C@H](Oc2ccccc2Cl)CN1. The lowest BCUT2D eigenvalue weighted by atomic mass is 10.2. The molecule has 1 aliphatic heterocycles. The molecular weight excluding hydrogens is 230 g/mol. The molecule has 0 spiro atoms. The van der Waals surface area contributed by atoms with Crippen LogP contribution in [0.4, 0.5) is 0 Å². The van der Waals surface area contributed by atoms with Gasteiger partial charge in [-0.2, -0.15) is 0 Å². The Labute approximate surface area is 98.2 Å². The first-order chi connectivity index (χ1) is 7.66. The maximum Gasteiger partial charge on any atom is 0.320 e. The molecule has 0 unspecified atom stereocenters. The molecule has 0 saturated carbocycles. The Hall–Kier alpha value is -1.26. The first-order valence-electron chi connectivity index (χ1n) is 5.04. The molecule has 2 atom stereocenters. The van der Waals surface area contributed by atoms with E-state index in [-0.39, 0.29) is 6.10 Å². The molecule has 0 aromatic heterocycles. The van der Waals surface area contributed by atoms with E-state index in [1.165, 1.54) is 0 Å². The Morgan fingerprint density at radius 2 is 2.25 bits per heavy atom. The standard InChI is InChI=1S/C11H12ClNO3/c12-8-3-1-2-4-10(8)16-7-5-9(11(14)15)13-6-7/h1-4,7,9,13H,5-6H2,(H,14,15)/t7-,9-/m0/s1. The Kier molecular flexibility index (Phi) is 3.31. The smallest absolute Gasteiger partial charge is 0.320 e. The van der Waals surface area contributed by atoms with E-state index >= 15 is 0 Å². The lowest BCUT2D eigenvalue weighted by Crippen LogP contribution is -2.30. The summed E-state index contributed by atoms with van der Waals surface area (Å²) in [6.07, 6.45) is 0.321. The minimum atomic E-state index is -0.842. The van der Waals surface area contributed by atoms with Crippen molar-refractivity contribution in [2.45, 2.75) is 18.6 Å². The molecular formula is C11H12ClNO3. The van der Waals surface area contributed by atoms with E-state index in [0.717, 1.165) is 0 Å². The number of para-hydroxylation sites is 1. The quantitative estimate of drug-likeness (QED) is 0.843. The van der Waals surface area contributed by atoms with E-state index < -0.39 is 12.0 Å². The molecule has 86 valence electrons. The molecule has 16 heavy (non-hydrogen) atoms. The van der Waals surface area contributed by atoms with Gasteiger partial charge in [-0.05, 0) is 12.1 Å². The third-order valence-electron chi connectivity index (χ3n) is 2.52. The van der Waals surface area contributed by atoms with Crippen molar-refractivity contribution in [1.82, 2.24) is 5.32 Å². The molecule has 0 radical (unpaired) electrons. The fraction of sp³-hybridized carbons (Fsp3) is 0.364. The van der Waals surface area contributed by atoms with Gasteiger partial charge in [0.2, 0.25) is 0 Å². The zero-order chi connectivity index (χ0) is 11.5. The Bertz CT molecular complexity index is 397. The van der Waals surface area contributed by atoms with E-state index in [0.29, 0.717) is 23.7 Å². The maximum absolute atomic E-state index is 10.7. The second kappa shape index (κ2) is 4.72. The molecule has 2 rings (SSSR count). The van der Waals surface area contributed by atoms with Crippen LogP contribution in [0.1, 0.15) is 6.42 Å². The highest BCUT2D eigenvalue weighted by molar-refractivity contribution is 6.32. The van der Waals surface area contributed by atoms with Gasteiger partial charge in [-0.3, -0.25) is 4.79 Å². The van der Waals surface area contributed by atoms with Crippen LogP contribution in [-0.2, 0) is 4.79 Å². The number of halogens is 1. The van der Waals surface area contributed by atoms with Crippen LogP contribution in [0.2, 0.25) is 5.02 Å². The Morgan fingerprint density at radius 1 is 1.50 bits per heavy atom. The summed E-state index contributed by atoms with van der Waals surface area (Å²) in [6, 6.07) is 6.65. The van der Waals surface area contributed by atoms with Gasteiger partial charge in [0.05, 0.1) is 5.02 Å². The maximum atomic E-state index is 10.7. The van der Waals surface area contributed by atoms with Crippen LogP contribution in [-0.4, -0.2) is 29.8 Å². The monoisotopic (exact) mass is 241 g/mol. The number of hydrogen-bond donors (Lipinski definition) is 2. The van der Waals surface area contributed by atoms with Crippen LogP contribution >= 0.6 is 11.6 Å². The third-order valence-corrected chi connectivity index (χ3v) is 2.83. The summed E-state index contributed by atoms with van der Waals surface area (Å²) in [7, 11) is 0. The van der Waals surface area contributed by atoms with Gasteiger partial charge in [0, 0.05) is 13.0 Å². The number of hydrogen-bond acceptors (Lipinski definition) is 3. The van der Waals surface area contributed by atoms with Crippen LogP contribution in [0.3, 0.4) is 0 Å². The first-order valence-corrected chi connectivity index (χ1v) is 5.42. The Morgan fingerprint density at radius 3 is 2.88 bits per heavy atom. The van der Waals surface area contributed by atoms with Gasteiger partial charge in [-0.1, -0.05) is 23.7 Å². The highest BCUT2D eigenvalue weighted by atomic mass is 35.5. The third kappa shape index (κ3) is 2.46. The lowest BCUT2D eigenvalue weighted by Gasteiger charge is -2.13. The van der Waals surface area contributed by atoms with Crippen molar-refractivity contribution in [2.24, 2.45) is 0 Å². The summed E-state index contributed by atoms with van der Waals surface area (Å²) in [5.41, 5.74) is 0. The van der Waals surface area contributed by atoms with E-state index in [1.54, 1.807) is 12.1 Å². The normalized spacial score (nSPS) is 24.3. The van der Waals surface area contributed by atoms with E-state index in [4.69, 9.17) is 21.4 Å². The number of carboxylic acids is 1. The predicted octanol–water partition coefficient (Wildman–Crippen LogP) is 1.53. The molecule has 1 aromatic rings. The van der Waals surface area contributed by atoms with Crippen molar-refractivity contribution >= 4 is 17.6 Å². The molecule has 0 bridgehead atoms. The summed E-state index contributed by atoms with van der Waals surface area (Å²) in [6.45, 7) is 0.530. The summed E-state index contributed by atoms with van der Waals surface area (Å²) in [4.78, 5) is 10.7. The molecule has 0 aliphatic carbocycles. The van der Waals surface area contributed by atoms with Crippen molar-refractivity contribution < 1.29 is 14.6 Å². The van der Waals surface area contributed by atoms with Crippen molar-refractivity contribution in [2.75, 3.05) is 6.54 Å². The number of nitrogens with one attached hydrogen (secondary N) is 1. The summed E-state index contributed by atoms with van der Waals surface area (Å²) >= 11 is 5.94. The first kappa shape index (κ1) is 11.2. The van der Waals surface area contributed by atoms with Crippen LogP contribution in [0, 0.1) is 0 Å². The van der Waals surface area contributed by atoms with Crippen LogP contribution in [0.15, 0.2) is 24.3 Å². The zero-order valence-electron chi connectivity index (χ0n) is 8.52. The average molecular weight is 242 g/mol. The molecule has 1 heterocycles. The van der Waals surface area contributed by atoms with Gasteiger partial charge in [0.1, 0.15) is 17.9 Å². The van der Waals surface area contributed by atoms with Crippen LogP contribution < -0.4 is 10.1 Å². The van der Waals surface area contributed by atoms with E-state index in [1.807, 2.05) is 12.1 Å². The van der Waals surface area contributed by atoms with Crippen molar-refractivity contribution in [3.05, 3.63) is 29.3 Å². The molecule has 1 aromatic carbocycles. The van der Waals surface area contributed by atoms with Gasteiger partial charge in [-0.15, -0.1) is 0 Å². The molecule has 1 fully saturated rings. The fourth-order valence-electron chi connectivity index (χ4n) is 1.70. The van der Waals surface area contributed by atoms with Gasteiger partial charge < -0.3 is 15.2 Å². The number of carbonyl (C=O) groups is 1. The van der Waals surface area contributed by atoms with Crippen LogP contribution in [0.5, 0.6) is 5.75 Å². The number of aliphatic carboxylic acids is 1. The van der Waals surface area contributed by atoms with Gasteiger partial charge in [0.15, 0.2) is 0 Å². The van der Waals surface area contributed by atoms with Crippen molar-refractivity contribution in [3.8, 4) is 5.75 Å². The van der Waals surface area contributed by atoms with Crippen molar-refractivity contribution in [1.29, 1.82) is 0 Å².